The molecule has 0 unspecified atom stereocenters. The molecule has 0 heterocycles. The van der Waals surface area contributed by atoms with Gasteiger partial charge in [-0.05, 0) is 37.8 Å². The Balaban J connectivity index is 2.04. The zero-order valence-electron chi connectivity index (χ0n) is 10.5. The maximum absolute atomic E-state index is 12.1. The van der Waals surface area contributed by atoms with Gasteiger partial charge in [0.1, 0.15) is 6.10 Å². The molecule has 1 aromatic rings. The first-order valence-corrected chi connectivity index (χ1v) is 6.45. The van der Waals surface area contributed by atoms with Crippen molar-refractivity contribution in [2.45, 2.75) is 31.8 Å². The van der Waals surface area contributed by atoms with Gasteiger partial charge < -0.3 is 4.74 Å². The Kier molecular flexibility index (Phi) is 4.40. The van der Waals surface area contributed by atoms with Gasteiger partial charge in [0.2, 0.25) is 0 Å². The van der Waals surface area contributed by atoms with Crippen LogP contribution in [0.25, 0.3) is 0 Å². The Morgan fingerprint density at radius 1 is 1.33 bits per heavy atom. The number of hydrogen-bond acceptors (Lipinski definition) is 2. The van der Waals surface area contributed by atoms with Gasteiger partial charge in [-0.1, -0.05) is 24.3 Å². The van der Waals surface area contributed by atoms with Crippen molar-refractivity contribution in [1.29, 1.82) is 0 Å². The van der Waals surface area contributed by atoms with E-state index in [0.29, 0.717) is 6.54 Å². The number of hydrogen-bond donors (Lipinski definition) is 0. The number of nitrogens with zero attached hydrogens (tertiary/aromatic N) is 1. The Hall–Kier alpha value is -1.77. The second-order valence-corrected chi connectivity index (χ2v) is 4.53. The molecular weight excluding hydrogens is 226 g/mol. The average Bonchev–Trinajstić information content (AvgIpc) is 2.89. The number of ether oxygens (including phenoxy) is 1. The molecule has 18 heavy (non-hydrogen) atoms. The minimum absolute atomic E-state index is 0.0912. The zero-order chi connectivity index (χ0) is 12.8. The third-order valence-corrected chi connectivity index (χ3v) is 3.17. The lowest BCUT2D eigenvalue weighted by molar-refractivity contribution is 0.108. The lowest BCUT2D eigenvalue weighted by atomic mass is 10.3. The summed E-state index contributed by atoms with van der Waals surface area (Å²) in [6.45, 7) is 4.16. The SMILES string of the molecule is C=CCN(C(=O)OC1CCCC1)c1ccccc1. The normalized spacial score (nSPS) is 15.3. The summed E-state index contributed by atoms with van der Waals surface area (Å²) in [5.74, 6) is 0. The Morgan fingerprint density at radius 3 is 2.61 bits per heavy atom. The summed E-state index contributed by atoms with van der Waals surface area (Å²) >= 11 is 0. The minimum Gasteiger partial charge on any atom is -0.446 e. The van der Waals surface area contributed by atoms with Gasteiger partial charge in [-0.15, -0.1) is 6.58 Å². The molecule has 0 aromatic heterocycles. The van der Waals surface area contributed by atoms with Crippen LogP contribution >= 0.6 is 0 Å². The monoisotopic (exact) mass is 245 g/mol. The van der Waals surface area contributed by atoms with E-state index in [2.05, 4.69) is 6.58 Å². The van der Waals surface area contributed by atoms with Crippen LogP contribution < -0.4 is 4.90 Å². The first-order chi connectivity index (χ1) is 8.81. The number of anilines is 1. The van der Waals surface area contributed by atoms with Crippen LogP contribution in [0.3, 0.4) is 0 Å². The quantitative estimate of drug-likeness (QED) is 0.756. The van der Waals surface area contributed by atoms with E-state index in [-0.39, 0.29) is 12.2 Å². The number of carbonyl (C=O) groups is 1. The van der Waals surface area contributed by atoms with Crippen molar-refractivity contribution >= 4 is 11.8 Å². The molecular formula is C15H19NO2. The molecule has 1 aliphatic rings. The van der Waals surface area contributed by atoms with Crippen LogP contribution in [0.1, 0.15) is 25.7 Å². The molecule has 0 saturated heterocycles. The van der Waals surface area contributed by atoms with Crippen LogP contribution in [0.2, 0.25) is 0 Å². The van der Waals surface area contributed by atoms with Crippen LogP contribution in [-0.2, 0) is 4.74 Å². The van der Waals surface area contributed by atoms with Crippen molar-refractivity contribution in [1.82, 2.24) is 0 Å². The topological polar surface area (TPSA) is 29.5 Å². The third kappa shape index (κ3) is 3.13. The predicted octanol–water partition coefficient (Wildman–Crippen LogP) is 3.76. The molecule has 1 fully saturated rings. The van der Waals surface area contributed by atoms with Gasteiger partial charge in [0.25, 0.3) is 0 Å². The largest absolute Gasteiger partial charge is 0.446 e. The maximum atomic E-state index is 12.1. The number of carbonyl (C=O) groups excluding carboxylic acids is 1. The summed E-state index contributed by atoms with van der Waals surface area (Å²) in [6, 6.07) is 9.55. The van der Waals surface area contributed by atoms with E-state index < -0.39 is 0 Å². The molecule has 96 valence electrons. The second kappa shape index (κ2) is 6.24. The van der Waals surface area contributed by atoms with Crippen LogP contribution in [0.4, 0.5) is 10.5 Å². The highest BCUT2D eigenvalue weighted by Gasteiger charge is 2.23. The van der Waals surface area contributed by atoms with Crippen molar-refractivity contribution in [3.05, 3.63) is 43.0 Å². The molecule has 3 nitrogen and oxygen atoms in total. The van der Waals surface area contributed by atoms with Crippen LogP contribution in [0, 0.1) is 0 Å². The second-order valence-electron chi connectivity index (χ2n) is 4.53. The van der Waals surface area contributed by atoms with Crippen molar-refractivity contribution < 1.29 is 9.53 Å². The van der Waals surface area contributed by atoms with Gasteiger partial charge in [0.05, 0.1) is 0 Å². The molecule has 1 saturated carbocycles. The lowest BCUT2D eigenvalue weighted by Crippen LogP contribution is -2.33. The molecule has 0 radical (unpaired) electrons. The molecule has 0 bridgehead atoms. The molecule has 1 aliphatic carbocycles. The van der Waals surface area contributed by atoms with Gasteiger partial charge in [-0.2, -0.15) is 0 Å². The summed E-state index contributed by atoms with van der Waals surface area (Å²) < 4.78 is 5.52. The van der Waals surface area contributed by atoms with Crippen LogP contribution in [0.15, 0.2) is 43.0 Å². The fraction of sp³-hybridized carbons (Fsp3) is 0.400. The van der Waals surface area contributed by atoms with E-state index in [1.54, 1.807) is 11.0 Å². The van der Waals surface area contributed by atoms with E-state index in [0.717, 1.165) is 31.4 Å². The molecule has 0 atom stereocenters. The smallest absolute Gasteiger partial charge is 0.414 e. The Labute approximate surface area is 108 Å². The fourth-order valence-electron chi connectivity index (χ4n) is 2.23. The summed E-state index contributed by atoms with van der Waals surface area (Å²) in [6.07, 6.45) is 5.82. The first kappa shape index (κ1) is 12.7. The summed E-state index contributed by atoms with van der Waals surface area (Å²) in [4.78, 5) is 13.8. The lowest BCUT2D eigenvalue weighted by Gasteiger charge is -2.22. The van der Waals surface area contributed by atoms with Gasteiger partial charge in [-0.3, -0.25) is 4.90 Å². The van der Waals surface area contributed by atoms with Crippen LogP contribution in [-0.4, -0.2) is 18.7 Å². The van der Waals surface area contributed by atoms with Crippen molar-refractivity contribution in [3.8, 4) is 0 Å². The van der Waals surface area contributed by atoms with E-state index in [9.17, 15) is 4.79 Å². The third-order valence-electron chi connectivity index (χ3n) is 3.17. The highest BCUT2D eigenvalue weighted by Crippen LogP contribution is 2.23. The number of para-hydroxylation sites is 1. The Morgan fingerprint density at radius 2 is 2.00 bits per heavy atom. The molecule has 1 amide bonds. The first-order valence-electron chi connectivity index (χ1n) is 6.45. The van der Waals surface area contributed by atoms with E-state index >= 15 is 0 Å². The van der Waals surface area contributed by atoms with E-state index in [4.69, 9.17) is 4.74 Å². The summed E-state index contributed by atoms with van der Waals surface area (Å²) in [5.41, 5.74) is 0.848. The fourth-order valence-corrected chi connectivity index (χ4v) is 2.23. The van der Waals surface area contributed by atoms with Crippen LogP contribution in [0.5, 0.6) is 0 Å². The van der Waals surface area contributed by atoms with Crippen molar-refractivity contribution in [2.24, 2.45) is 0 Å². The minimum atomic E-state index is -0.270. The average molecular weight is 245 g/mol. The van der Waals surface area contributed by atoms with E-state index in [1.165, 1.54) is 0 Å². The van der Waals surface area contributed by atoms with Gasteiger partial charge >= 0.3 is 6.09 Å². The van der Waals surface area contributed by atoms with Crippen molar-refractivity contribution in [2.75, 3.05) is 11.4 Å². The van der Waals surface area contributed by atoms with Gasteiger partial charge in [0, 0.05) is 12.2 Å². The summed E-state index contributed by atoms with van der Waals surface area (Å²) in [5, 5.41) is 0. The highest BCUT2D eigenvalue weighted by atomic mass is 16.6. The van der Waals surface area contributed by atoms with Gasteiger partial charge in [0.15, 0.2) is 0 Å². The maximum Gasteiger partial charge on any atom is 0.414 e. The number of rotatable bonds is 4. The molecule has 0 spiro atoms. The molecule has 1 aromatic carbocycles. The molecule has 0 aliphatic heterocycles. The van der Waals surface area contributed by atoms with Crippen molar-refractivity contribution in [3.63, 3.8) is 0 Å². The number of amides is 1. The summed E-state index contributed by atoms with van der Waals surface area (Å²) in [7, 11) is 0. The number of benzene rings is 1. The highest BCUT2D eigenvalue weighted by molar-refractivity contribution is 5.87. The predicted molar refractivity (Wildman–Crippen MR) is 72.7 cm³/mol. The zero-order valence-corrected chi connectivity index (χ0v) is 10.5. The van der Waals surface area contributed by atoms with E-state index in [1.807, 2.05) is 30.3 Å². The molecule has 0 N–H and O–H groups in total. The molecule has 2 rings (SSSR count). The Bertz CT molecular complexity index is 396. The molecule has 3 heteroatoms. The van der Waals surface area contributed by atoms with Gasteiger partial charge in [-0.25, -0.2) is 4.79 Å². The standard InChI is InChI=1S/C15H19NO2/c1-2-12-16(13-8-4-3-5-9-13)15(17)18-14-10-6-7-11-14/h2-5,8-9,14H,1,6-7,10-12H2.